The van der Waals surface area contributed by atoms with E-state index in [2.05, 4.69) is 11.1 Å². The van der Waals surface area contributed by atoms with Crippen molar-refractivity contribution >= 4 is 11.4 Å². The number of piperidine rings is 1. The van der Waals surface area contributed by atoms with Gasteiger partial charge in [-0.3, -0.25) is 9.20 Å². The molecule has 1 aromatic carbocycles. The zero-order chi connectivity index (χ0) is 18.8. The molecule has 1 amide bonds. The van der Waals surface area contributed by atoms with Gasteiger partial charge in [0.25, 0.3) is 5.91 Å². The first kappa shape index (κ1) is 17.0. The van der Waals surface area contributed by atoms with Crippen LogP contribution in [-0.4, -0.2) is 39.4 Å². The number of benzene rings is 1. The summed E-state index contributed by atoms with van der Waals surface area (Å²) in [5.74, 6) is 0.320. The van der Waals surface area contributed by atoms with E-state index >= 15 is 0 Å². The highest BCUT2D eigenvalue weighted by molar-refractivity contribution is 5.92. The average molecular weight is 364 g/mol. The lowest BCUT2D eigenvalue weighted by atomic mass is 10.1. The molecule has 3 heterocycles. The second-order valence-corrected chi connectivity index (χ2v) is 6.44. The van der Waals surface area contributed by atoms with E-state index in [0.29, 0.717) is 42.8 Å². The average Bonchev–Trinajstić information content (AvgIpc) is 3.14. The summed E-state index contributed by atoms with van der Waals surface area (Å²) in [6.07, 6.45) is 4.42. The van der Waals surface area contributed by atoms with Crippen molar-refractivity contribution in [2.24, 2.45) is 0 Å². The normalized spacial score (nSPS) is 14.9. The first-order valence-electron chi connectivity index (χ1n) is 8.73. The van der Waals surface area contributed by atoms with E-state index in [1.165, 1.54) is 16.7 Å². The summed E-state index contributed by atoms with van der Waals surface area (Å²) in [5.41, 5.74) is 0.881. The number of carbonyl (C=O) groups is 1. The van der Waals surface area contributed by atoms with E-state index < -0.39 is 5.82 Å². The Morgan fingerprint density at radius 1 is 1.22 bits per heavy atom. The number of likely N-dealkylation sites (tertiary alicyclic amines) is 1. The molecule has 1 aliphatic heterocycles. The van der Waals surface area contributed by atoms with Crippen molar-refractivity contribution in [3.05, 3.63) is 66.0 Å². The van der Waals surface area contributed by atoms with Crippen molar-refractivity contribution in [1.29, 1.82) is 5.26 Å². The molecular weight excluding hydrogens is 347 g/mol. The summed E-state index contributed by atoms with van der Waals surface area (Å²) in [7, 11) is 0. The summed E-state index contributed by atoms with van der Waals surface area (Å²) < 4.78 is 21.2. The SMILES string of the molecule is N#Cc1ccc(OC2CCN(C(=O)c3ncc4c(F)cccn34)CC2)cc1. The number of aromatic nitrogens is 2. The van der Waals surface area contributed by atoms with Crippen LogP contribution in [0.25, 0.3) is 5.52 Å². The number of rotatable bonds is 3. The molecule has 0 spiro atoms. The molecule has 2 aromatic heterocycles. The number of halogens is 1. The number of imidazole rings is 1. The third-order valence-corrected chi connectivity index (χ3v) is 4.73. The van der Waals surface area contributed by atoms with Crippen LogP contribution in [0.3, 0.4) is 0 Å². The predicted octanol–water partition coefficient (Wildman–Crippen LogP) is 3.03. The Kier molecular flexibility index (Phi) is 4.47. The topological polar surface area (TPSA) is 70.6 Å². The van der Waals surface area contributed by atoms with Gasteiger partial charge in [-0.25, -0.2) is 9.37 Å². The second kappa shape index (κ2) is 7.08. The number of fused-ring (bicyclic) bond motifs is 1. The van der Waals surface area contributed by atoms with E-state index in [1.807, 2.05) is 0 Å². The molecule has 27 heavy (non-hydrogen) atoms. The molecule has 1 aliphatic rings. The van der Waals surface area contributed by atoms with Crippen LogP contribution < -0.4 is 4.74 Å². The molecule has 6 nitrogen and oxygen atoms in total. The quantitative estimate of drug-likeness (QED) is 0.716. The maximum absolute atomic E-state index is 13.8. The number of nitrogens with zero attached hydrogens (tertiary/aromatic N) is 4. The van der Waals surface area contributed by atoms with Gasteiger partial charge in [-0.05, 0) is 36.4 Å². The first-order chi connectivity index (χ1) is 13.2. The Labute approximate surface area is 155 Å². The monoisotopic (exact) mass is 364 g/mol. The Balaban J connectivity index is 1.40. The van der Waals surface area contributed by atoms with Gasteiger partial charge in [-0.2, -0.15) is 5.26 Å². The molecule has 4 rings (SSSR count). The molecule has 0 aliphatic carbocycles. The van der Waals surface area contributed by atoms with Gasteiger partial charge in [-0.1, -0.05) is 0 Å². The van der Waals surface area contributed by atoms with E-state index in [9.17, 15) is 9.18 Å². The fraction of sp³-hybridized carbons (Fsp3) is 0.250. The van der Waals surface area contributed by atoms with Gasteiger partial charge in [0.05, 0.1) is 17.8 Å². The molecule has 0 unspecified atom stereocenters. The Morgan fingerprint density at radius 2 is 1.96 bits per heavy atom. The summed E-state index contributed by atoms with van der Waals surface area (Å²) in [4.78, 5) is 18.6. The first-order valence-corrected chi connectivity index (χ1v) is 8.73. The summed E-state index contributed by atoms with van der Waals surface area (Å²) in [5, 5.41) is 8.83. The Hall–Kier alpha value is -3.40. The fourth-order valence-electron chi connectivity index (χ4n) is 3.26. The third-order valence-electron chi connectivity index (χ3n) is 4.73. The van der Waals surface area contributed by atoms with Gasteiger partial charge in [0.2, 0.25) is 5.82 Å². The van der Waals surface area contributed by atoms with Crippen molar-refractivity contribution in [2.45, 2.75) is 18.9 Å². The molecule has 0 atom stereocenters. The molecule has 1 fully saturated rings. The smallest absolute Gasteiger partial charge is 0.290 e. The minimum atomic E-state index is -0.404. The van der Waals surface area contributed by atoms with Gasteiger partial charge < -0.3 is 9.64 Å². The van der Waals surface area contributed by atoms with Crippen LogP contribution in [0.5, 0.6) is 5.75 Å². The zero-order valence-electron chi connectivity index (χ0n) is 14.5. The van der Waals surface area contributed by atoms with Crippen molar-refractivity contribution in [1.82, 2.24) is 14.3 Å². The van der Waals surface area contributed by atoms with Crippen LogP contribution in [0.1, 0.15) is 29.0 Å². The van der Waals surface area contributed by atoms with E-state index in [4.69, 9.17) is 10.00 Å². The molecule has 3 aromatic rings. The van der Waals surface area contributed by atoms with Crippen molar-refractivity contribution in [2.75, 3.05) is 13.1 Å². The molecule has 1 saturated heterocycles. The largest absolute Gasteiger partial charge is 0.490 e. The number of amides is 1. The maximum atomic E-state index is 13.8. The molecule has 7 heteroatoms. The van der Waals surface area contributed by atoms with Crippen LogP contribution in [-0.2, 0) is 0 Å². The minimum absolute atomic E-state index is 0.0106. The summed E-state index contributed by atoms with van der Waals surface area (Å²) >= 11 is 0. The maximum Gasteiger partial charge on any atom is 0.290 e. The minimum Gasteiger partial charge on any atom is -0.490 e. The lowest BCUT2D eigenvalue weighted by molar-refractivity contribution is 0.0583. The van der Waals surface area contributed by atoms with Gasteiger partial charge in [0, 0.05) is 32.1 Å². The van der Waals surface area contributed by atoms with Crippen molar-refractivity contribution in [3.8, 4) is 11.8 Å². The highest BCUT2D eigenvalue weighted by atomic mass is 19.1. The second-order valence-electron chi connectivity index (χ2n) is 6.44. The number of ether oxygens (including phenoxy) is 1. The summed E-state index contributed by atoms with van der Waals surface area (Å²) in [6, 6.07) is 12.0. The number of hydrogen-bond acceptors (Lipinski definition) is 4. The van der Waals surface area contributed by atoms with Gasteiger partial charge >= 0.3 is 0 Å². The van der Waals surface area contributed by atoms with E-state index in [0.717, 1.165) is 0 Å². The standard InChI is InChI=1S/C20H17FN4O2/c21-17-2-1-9-25-18(17)13-23-19(25)20(26)24-10-7-16(8-11-24)27-15-5-3-14(12-22)4-6-15/h1-6,9,13,16H,7-8,10-11H2. The Morgan fingerprint density at radius 3 is 2.67 bits per heavy atom. The lowest BCUT2D eigenvalue weighted by Gasteiger charge is -2.31. The zero-order valence-corrected chi connectivity index (χ0v) is 14.5. The predicted molar refractivity (Wildman–Crippen MR) is 95.9 cm³/mol. The number of hydrogen-bond donors (Lipinski definition) is 0. The van der Waals surface area contributed by atoms with Gasteiger partial charge in [0.15, 0.2) is 0 Å². The number of nitriles is 1. The van der Waals surface area contributed by atoms with Crippen molar-refractivity contribution < 1.29 is 13.9 Å². The van der Waals surface area contributed by atoms with E-state index in [1.54, 1.807) is 41.4 Å². The number of pyridine rings is 1. The fourth-order valence-corrected chi connectivity index (χ4v) is 3.26. The van der Waals surface area contributed by atoms with Gasteiger partial charge in [0.1, 0.15) is 23.2 Å². The van der Waals surface area contributed by atoms with Crippen LogP contribution in [0.2, 0.25) is 0 Å². The molecule has 0 saturated carbocycles. The van der Waals surface area contributed by atoms with Crippen LogP contribution in [0.15, 0.2) is 48.8 Å². The molecule has 136 valence electrons. The number of carbonyl (C=O) groups excluding carboxylic acids is 1. The Bertz CT molecular complexity index is 1010. The van der Waals surface area contributed by atoms with Crippen molar-refractivity contribution in [3.63, 3.8) is 0 Å². The highest BCUT2D eigenvalue weighted by Crippen LogP contribution is 2.21. The van der Waals surface area contributed by atoms with Gasteiger partial charge in [-0.15, -0.1) is 0 Å². The van der Waals surface area contributed by atoms with Crippen LogP contribution >= 0.6 is 0 Å². The van der Waals surface area contributed by atoms with Crippen LogP contribution in [0.4, 0.5) is 4.39 Å². The molecule has 0 bridgehead atoms. The molecule has 0 N–H and O–H groups in total. The molecule has 0 radical (unpaired) electrons. The lowest BCUT2D eigenvalue weighted by Crippen LogP contribution is -2.42. The summed E-state index contributed by atoms with van der Waals surface area (Å²) in [6.45, 7) is 1.09. The third kappa shape index (κ3) is 3.34. The highest BCUT2D eigenvalue weighted by Gasteiger charge is 2.27. The van der Waals surface area contributed by atoms with E-state index in [-0.39, 0.29) is 17.8 Å². The molecular formula is C20H17FN4O2. The van der Waals surface area contributed by atoms with Crippen LogP contribution in [0, 0.1) is 17.1 Å².